The number of carbonyl (C=O) groups is 2. The number of hydrogen-bond donors (Lipinski definition) is 1. The van der Waals surface area contributed by atoms with E-state index in [0.717, 1.165) is 12.1 Å². The number of benzene rings is 1. The summed E-state index contributed by atoms with van der Waals surface area (Å²) < 4.78 is 32.3. The number of esters is 1. The van der Waals surface area contributed by atoms with Crippen LogP contribution in [0.25, 0.3) is 10.4 Å². The SMILES string of the molecule is [C-]#[N+]c1cc2c([nH]1)C(C(=O)OC(C)C)=CN(C(=O)c1ccc(F)c(F)c1)CC2(C)C. The Morgan fingerprint density at radius 3 is 2.53 bits per heavy atom. The first-order valence-electron chi connectivity index (χ1n) is 9.33. The molecule has 0 bridgehead atoms. The monoisotopic (exact) mass is 413 g/mol. The number of ether oxygens (including phenoxy) is 1. The molecule has 0 fully saturated rings. The van der Waals surface area contributed by atoms with Crippen LogP contribution < -0.4 is 0 Å². The lowest BCUT2D eigenvalue weighted by Crippen LogP contribution is -2.36. The molecule has 0 aliphatic carbocycles. The lowest BCUT2D eigenvalue weighted by molar-refractivity contribution is -0.140. The van der Waals surface area contributed by atoms with Crippen LogP contribution in [0.4, 0.5) is 14.6 Å². The second kappa shape index (κ2) is 7.75. The van der Waals surface area contributed by atoms with Gasteiger partial charge in [0, 0.05) is 23.7 Å². The van der Waals surface area contributed by atoms with Gasteiger partial charge in [-0.3, -0.25) is 4.79 Å². The fraction of sp³-hybridized carbons (Fsp3) is 0.318. The fourth-order valence-electron chi connectivity index (χ4n) is 3.38. The molecular formula is C22H21F2N3O3. The third-order valence-electron chi connectivity index (χ3n) is 4.76. The minimum absolute atomic E-state index is 0.0510. The average molecular weight is 413 g/mol. The number of hydrogen-bond acceptors (Lipinski definition) is 3. The maximum absolute atomic E-state index is 13.7. The Bertz CT molecular complexity index is 1090. The highest BCUT2D eigenvalue weighted by molar-refractivity contribution is 6.17. The molecule has 0 saturated heterocycles. The minimum Gasteiger partial charge on any atom is -0.459 e. The summed E-state index contributed by atoms with van der Waals surface area (Å²) >= 11 is 0. The summed E-state index contributed by atoms with van der Waals surface area (Å²) in [5, 5.41) is 0. The van der Waals surface area contributed by atoms with E-state index in [9.17, 15) is 18.4 Å². The van der Waals surface area contributed by atoms with Crippen LogP contribution in [0.3, 0.4) is 0 Å². The zero-order valence-electron chi connectivity index (χ0n) is 17.0. The van der Waals surface area contributed by atoms with Crippen LogP contribution in [0, 0.1) is 18.2 Å². The van der Waals surface area contributed by atoms with Crippen molar-refractivity contribution >= 4 is 23.3 Å². The van der Waals surface area contributed by atoms with E-state index in [4.69, 9.17) is 11.3 Å². The van der Waals surface area contributed by atoms with Crippen LogP contribution >= 0.6 is 0 Å². The van der Waals surface area contributed by atoms with Gasteiger partial charge in [0.05, 0.1) is 6.10 Å². The predicted molar refractivity (Wildman–Crippen MR) is 107 cm³/mol. The lowest BCUT2D eigenvalue weighted by Gasteiger charge is -2.29. The van der Waals surface area contributed by atoms with Crippen molar-refractivity contribution in [3.05, 3.63) is 70.3 Å². The zero-order chi connectivity index (χ0) is 22.2. The summed E-state index contributed by atoms with van der Waals surface area (Å²) in [6.45, 7) is 14.5. The van der Waals surface area contributed by atoms with Crippen LogP contribution in [0.2, 0.25) is 0 Å². The second-order valence-electron chi connectivity index (χ2n) is 8.00. The number of aromatic nitrogens is 1. The predicted octanol–water partition coefficient (Wildman–Crippen LogP) is 4.57. The first kappa shape index (κ1) is 21.2. The molecule has 0 spiro atoms. The Balaban J connectivity index is 2.13. The summed E-state index contributed by atoms with van der Waals surface area (Å²) in [4.78, 5) is 33.5. The molecule has 1 amide bonds. The standard InChI is InChI=1S/C22H21F2N3O3/c1-12(2)30-21(29)14-10-27(20(28)13-6-7-16(23)17(24)8-13)11-22(3,4)15-9-18(25-5)26-19(14)15/h6-10,12,26H,11H2,1-4H3. The molecule has 2 heterocycles. The summed E-state index contributed by atoms with van der Waals surface area (Å²) in [6.07, 6.45) is 0.940. The quantitative estimate of drug-likeness (QED) is 0.592. The van der Waals surface area contributed by atoms with E-state index in [2.05, 4.69) is 9.83 Å². The van der Waals surface area contributed by atoms with Crippen molar-refractivity contribution in [3.63, 3.8) is 0 Å². The van der Waals surface area contributed by atoms with Crippen molar-refractivity contribution in [1.82, 2.24) is 9.88 Å². The van der Waals surface area contributed by atoms with Crippen LogP contribution in [0.1, 0.15) is 49.3 Å². The number of rotatable bonds is 3. The van der Waals surface area contributed by atoms with E-state index in [-0.39, 0.29) is 23.5 Å². The third kappa shape index (κ3) is 3.96. The summed E-state index contributed by atoms with van der Waals surface area (Å²) in [7, 11) is 0. The Morgan fingerprint density at radius 2 is 1.93 bits per heavy atom. The molecule has 8 heteroatoms. The lowest BCUT2D eigenvalue weighted by atomic mass is 9.83. The molecule has 0 saturated carbocycles. The van der Waals surface area contributed by atoms with Gasteiger partial charge in [-0.2, -0.15) is 0 Å². The normalized spacial score (nSPS) is 15.1. The van der Waals surface area contributed by atoms with Gasteiger partial charge in [0.15, 0.2) is 11.6 Å². The van der Waals surface area contributed by atoms with E-state index >= 15 is 0 Å². The molecule has 6 nitrogen and oxygen atoms in total. The van der Waals surface area contributed by atoms with Crippen molar-refractivity contribution in [1.29, 1.82) is 0 Å². The van der Waals surface area contributed by atoms with Crippen LogP contribution in [-0.2, 0) is 14.9 Å². The fourth-order valence-corrected chi connectivity index (χ4v) is 3.38. The maximum Gasteiger partial charge on any atom is 0.344 e. The van der Waals surface area contributed by atoms with Gasteiger partial charge in [0.2, 0.25) is 5.82 Å². The Hall–Kier alpha value is -3.47. The van der Waals surface area contributed by atoms with Crippen LogP contribution in [-0.4, -0.2) is 34.4 Å². The molecule has 1 aliphatic heterocycles. The summed E-state index contributed by atoms with van der Waals surface area (Å²) in [5.41, 5.74) is 0.456. The molecule has 0 radical (unpaired) electrons. The Kier molecular flexibility index (Phi) is 5.49. The number of H-pyrrole nitrogens is 1. The molecule has 0 unspecified atom stereocenters. The van der Waals surface area contributed by atoms with Gasteiger partial charge in [-0.25, -0.2) is 13.6 Å². The summed E-state index contributed by atoms with van der Waals surface area (Å²) in [6, 6.07) is 4.54. The van der Waals surface area contributed by atoms with Crippen molar-refractivity contribution < 1.29 is 23.1 Å². The van der Waals surface area contributed by atoms with Crippen molar-refractivity contribution in [2.45, 2.75) is 39.2 Å². The number of halogens is 2. The number of aromatic amines is 1. The van der Waals surface area contributed by atoms with Gasteiger partial charge in [-0.15, -0.1) is 0 Å². The summed E-state index contributed by atoms with van der Waals surface area (Å²) in [5.74, 6) is -3.18. The van der Waals surface area contributed by atoms with E-state index in [1.807, 2.05) is 13.8 Å². The number of fused-ring (bicyclic) bond motifs is 1. The number of nitrogens with one attached hydrogen (secondary N) is 1. The molecule has 1 aliphatic rings. The van der Waals surface area contributed by atoms with Gasteiger partial charge in [-0.05, 0) is 43.7 Å². The van der Waals surface area contributed by atoms with Gasteiger partial charge in [0.1, 0.15) is 11.3 Å². The number of amides is 1. The van der Waals surface area contributed by atoms with Crippen LogP contribution in [0.5, 0.6) is 0 Å². The van der Waals surface area contributed by atoms with E-state index in [0.29, 0.717) is 11.3 Å². The first-order chi connectivity index (χ1) is 14.0. The number of nitrogens with zero attached hydrogens (tertiary/aromatic N) is 2. The third-order valence-corrected chi connectivity index (χ3v) is 4.76. The number of carbonyl (C=O) groups excluding carboxylic acids is 2. The van der Waals surface area contributed by atoms with Gasteiger partial charge in [-0.1, -0.05) is 20.4 Å². The molecular weight excluding hydrogens is 392 g/mol. The minimum atomic E-state index is -1.13. The van der Waals surface area contributed by atoms with E-state index in [1.165, 1.54) is 17.2 Å². The Morgan fingerprint density at radius 1 is 1.23 bits per heavy atom. The highest BCUT2D eigenvalue weighted by Gasteiger charge is 2.37. The van der Waals surface area contributed by atoms with Gasteiger partial charge in [0.25, 0.3) is 5.91 Å². The molecule has 1 aromatic heterocycles. The van der Waals surface area contributed by atoms with Crippen molar-refractivity contribution in [3.8, 4) is 0 Å². The molecule has 0 atom stereocenters. The molecule has 156 valence electrons. The Labute approximate surface area is 173 Å². The van der Waals surface area contributed by atoms with E-state index in [1.54, 1.807) is 19.9 Å². The van der Waals surface area contributed by atoms with Crippen molar-refractivity contribution in [2.24, 2.45) is 0 Å². The van der Waals surface area contributed by atoms with Crippen LogP contribution in [0.15, 0.2) is 30.5 Å². The van der Waals surface area contributed by atoms with Gasteiger partial charge < -0.3 is 19.5 Å². The molecule has 3 rings (SSSR count). The zero-order valence-corrected chi connectivity index (χ0v) is 17.0. The largest absolute Gasteiger partial charge is 0.459 e. The average Bonchev–Trinajstić information content (AvgIpc) is 3.07. The van der Waals surface area contributed by atoms with Crippen molar-refractivity contribution in [2.75, 3.05) is 6.54 Å². The van der Waals surface area contributed by atoms with Gasteiger partial charge >= 0.3 is 5.97 Å². The first-order valence-corrected chi connectivity index (χ1v) is 9.33. The highest BCUT2D eigenvalue weighted by Crippen LogP contribution is 2.38. The molecule has 1 N–H and O–H groups in total. The molecule has 1 aromatic carbocycles. The van der Waals surface area contributed by atoms with E-state index < -0.39 is 35.0 Å². The smallest absolute Gasteiger partial charge is 0.344 e. The molecule has 30 heavy (non-hydrogen) atoms. The maximum atomic E-state index is 13.7. The highest BCUT2D eigenvalue weighted by atomic mass is 19.2. The topological polar surface area (TPSA) is 66.8 Å². The molecule has 2 aromatic rings. The second-order valence-corrected chi connectivity index (χ2v) is 8.00.